The molecule has 0 aliphatic heterocycles. The number of Topliss-reactive ketones (excluding diaryl/α,β-unsaturated/α-hetero) is 1. The van der Waals surface area contributed by atoms with Crippen LogP contribution in [0.3, 0.4) is 0 Å². The fraction of sp³-hybridized carbons (Fsp3) is 0.0476. The second kappa shape index (κ2) is 7.62. The first kappa shape index (κ1) is 18.0. The van der Waals surface area contributed by atoms with Crippen molar-refractivity contribution in [3.05, 3.63) is 91.5 Å². The molecule has 0 aromatic heterocycles. The number of hydrogen-bond donors (Lipinski definition) is 0. The average Bonchev–Trinajstić information content (AvgIpc) is 2.62. The minimum absolute atomic E-state index is 0.0804. The first-order valence-corrected chi connectivity index (χ1v) is 9.55. The highest BCUT2D eigenvalue weighted by atomic mass is 127. The highest BCUT2D eigenvalue weighted by Crippen LogP contribution is 2.34. The summed E-state index contributed by atoms with van der Waals surface area (Å²) in [5, 5.41) is 0. The van der Waals surface area contributed by atoms with Crippen molar-refractivity contribution in [2.24, 2.45) is 0 Å². The first-order valence-electron chi connectivity index (χ1n) is 7.68. The highest BCUT2D eigenvalue weighted by molar-refractivity contribution is 14.1. The van der Waals surface area contributed by atoms with Gasteiger partial charge in [0.25, 0.3) is 0 Å². The van der Waals surface area contributed by atoms with Gasteiger partial charge in [-0.1, -0.05) is 48.5 Å². The van der Waals surface area contributed by atoms with Gasteiger partial charge >= 0.3 is 0 Å². The normalized spacial score (nSPS) is 10.5. The molecule has 0 aliphatic rings. The third kappa shape index (κ3) is 3.75. The zero-order valence-electron chi connectivity index (χ0n) is 13.4. The Bertz CT molecular complexity index is 948. The predicted octanol–water partition coefficient (Wildman–Crippen LogP) is 6.15. The number of hydrogen-bond acceptors (Lipinski definition) is 2. The van der Waals surface area contributed by atoms with E-state index in [0.29, 0.717) is 21.2 Å². The Kier molecular flexibility index (Phi) is 5.49. The molecule has 0 radical (unpaired) electrons. The summed E-state index contributed by atoms with van der Waals surface area (Å²) in [7, 11) is 0. The monoisotopic (exact) mass is 504 g/mol. The maximum absolute atomic E-state index is 12.8. The second-order valence-corrected chi connectivity index (χ2v) is 7.65. The van der Waals surface area contributed by atoms with Gasteiger partial charge in [-0.25, -0.2) is 0 Å². The van der Waals surface area contributed by atoms with E-state index in [4.69, 9.17) is 0 Å². The van der Waals surface area contributed by atoms with Crippen LogP contribution >= 0.6 is 38.5 Å². The lowest BCUT2D eigenvalue weighted by molar-refractivity contribution is 0.101. The number of benzene rings is 3. The van der Waals surface area contributed by atoms with Gasteiger partial charge in [0.05, 0.1) is 0 Å². The smallest absolute Gasteiger partial charge is 0.194 e. The van der Waals surface area contributed by atoms with Gasteiger partial charge in [0.2, 0.25) is 0 Å². The second-order valence-electron chi connectivity index (χ2n) is 5.61. The summed E-state index contributed by atoms with van der Waals surface area (Å²) in [5.41, 5.74) is 3.39. The Morgan fingerprint density at radius 3 is 2.12 bits per heavy atom. The van der Waals surface area contributed by atoms with E-state index < -0.39 is 0 Å². The van der Waals surface area contributed by atoms with Gasteiger partial charge in [0.1, 0.15) is 0 Å². The fourth-order valence-corrected chi connectivity index (χ4v) is 3.88. The number of ketones is 2. The molecule has 0 saturated carbocycles. The van der Waals surface area contributed by atoms with Crippen molar-refractivity contribution in [3.63, 3.8) is 0 Å². The Balaban J connectivity index is 2.15. The molecule has 25 heavy (non-hydrogen) atoms. The highest BCUT2D eigenvalue weighted by Gasteiger charge is 2.20. The van der Waals surface area contributed by atoms with Crippen molar-refractivity contribution >= 4 is 50.1 Å². The molecular formula is C21H14BrIO2. The predicted molar refractivity (Wildman–Crippen MR) is 112 cm³/mol. The fourth-order valence-electron chi connectivity index (χ4n) is 2.71. The summed E-state index contributed by atoms with van der Waals surface area (Å²) in [5.74, 6) is -0.188. The van der Waals surface area contributed by atoms with Crippen LogP contribution in [0.4, 0.5) is 0 Å². The molecule has 0 amide bonds. The van der Waals surface area contributed by atoms with Crippen LogP contribution in [0.5, 0.6) is 0 Å². The van der Waals surface area contributed by atoms with Crippen molar-refractivity contribution in [1.82, 2.24) is 0 Å². The molecule has 3 rings (SSSR count). The van der Waals surface area contributed by atoms with Crippen LogP contribution in [-0.4, -0.2) is 11.6 Å². The summed E-state index contributed by atoms with van der Waals surface area (Å²) in [6.07, 6.45) is 0. The standard InChI is InChI=1S/C21H14BrIO2/c1-13(24)19-17(14-7-9-16(23)10-8-14)11-12-18(20(19)22)21(25)15-5-3-2-4-6-15/h2-12H,1H3. The van der Waals surface area contributed by atoms with E-state index in [2.05, 4.69) is 38.5 Å². The maximum Gasteiger partial charge on any atom is 0.194 e. The minimum Gasteiger partial charge on any atom is -0.294 e. The number of carbonyl (C=O) groups excluding carboxylic acids is 2. The van der Waals surface area contributed by atoms with E-state index in [1.807, 2.05) is 48.5 Å². The zero-order chi connectivity index (χ0) is 18.0. The van der Waals surface area contributed by atoms with E-state index >= 15 is 0 Å². The summed E-state index contributed by atoms with van der Waals surface area (Å²) in [6, 6.07) is 20.6. The Labute approximate surface area is 168 Å². The third-order valence-corrected chi connectivity index (χ3v) is 5.47. The average molecular weight is 505 g/mol. The van der Waals surface area contributed by atoms with E-state index in [9.17, 15) is 9.59 Å². The van der Waals surface area contributed by atoms with Gasteiger partial charge in [0.15, 0.2) is 11.6 Å². The van der Waals surface area contributed by atoms with Crippen LogP contribution in [0.2, 0.25) is 0 Å². The SMILES string of the molecule is CC(=O)c1c(-c2ccc(I)cc2)ccc(C(=O)c2ccccc2)c1Br. The summed E-state index contributed by atoms with van der Waals surface area (Å²) in [6.45, 7) is 1.52. The van der Waals surface area contributed by atoms with Gasteiger partial charge in [-0.15, -0.1) is 0 Å². The van der Waals surface area contributed by atoms with Gasteiger partial charge < -0.3 is 0 Å². The van der Waals surface area contributed by atoms with Gasteiger partial charge in [0, 0.05) is 24.7 Å². The number of carbonyl (C=O) groups is 2. The maximum atomic E-state index is 12.8. The largest absolute Gasteiger partial charge is 0.294 e. The van der Waals surface area contributed by atoms with Crippen molar-refractivity contribution in [1.29, 1.82) is 0 Å². The Hall–Kier alpha value is -1.79. The molecule has 3 aromatic rings. The molecule has 0 fully saturated rings. The summed E-state index contributed by atoms with van der Waals surface area (Å²) >= 11 is 5.74. The molecule has 3 aromatic carbocycles. The molecular weight excluding hydrogens is 491 g/mol. The molecule has 0 atom stereocenters. The van der Waals surface area contributed by atoms with Crippen LogP contribution < -0.4 is 0 Å². The van der Waals surface area contributed by atoms with Crippen molar-refractivity contribution < 1.29 is 9.59 Å². The molecule has 0 heterocycles. The summed E-state index contributed by atoms with van der Waals surface area (Å²) in [4.78, 5) is 25.1. The molecule has 124 valence electrons. The van der Waals surface area contributed by atoms with Crippen LogP contribution in [0, 0.1) is 3.57 Å². The van der Waals surface area contributed by atoms with E-state index in [-0.39, 0.29) is 11.6 Å². The Morgan fingerprint density at radius 1 is 0.880 bits per heavy atom. The Morgan fingerprint density at radius 2 is 1.52 bits per heavy atom. The van der Waals surface area contributed by atoms with E-state index in [1.54, 1.807) is 18.2 Å². The zero-order valence-corrected chi connectivity index (χ0v) is 17.2. The minimum atomic E-state index is -0.107. The van der Waals surface area contributed by atoms with E-state index in [1.165, 1.54) is 6.92 Å². The van der Waals surface area contributed by atoms with Gasteiger partial charge in [-0.3, -0.25) is 9.59 Å². The van der Waals surface area contributed by atoms with E-state index in [0.717, 1.165) is 14.7 Å². The molecule has 0 unspecified atom stereocenters. The summed E-state index contributed by atoms with van der Waals surface area (Å²) < 4.78 is 1.67. The number of halogens is 2. The van der Waals surface area contributed by atoms with Crippen LogP contribution in [0.1, 0.15) is 33.2 Å². The van der Waals surface area contributed by atoms with Crippen LogP contribution in [0.25, 0.3) is 11.1 Å². The third-order valence-electron chi connectivity index (χ3n) is 3.93. The van der Waals surface area contributed by atoms with Crippen LogP contribution in [-0.2, 0) is 0 Å². The van der Waals surface area contributed by atoms with Crippen molar-refractivity contribution in [2.75, 3.05) is 0 Å². The molecule has 2 nitrogen and oxygen atoms in total. The van der Waals surface area contributed by atoms with Crippen LogP contribution in [0.15, 0.2) is 71.2 Å². The topological polar surface area (TPSA) is 34.1 Å². The molecule has 0 saturated heterocycles. The molecule has 4 heteroatoms. The number of rotatable bonds is 4. The quantitative estimate of drug-likeness (QED) is 0.315. The van der Waals surface area contributed by atoms with Gasteiger partial charge in [-0.2, -0.15) is 0 Å². The van der Waals surface area contributed by atoms with Crippen molar-refractivity contribution in [3.8, 4) is 11.1 Å². The molecule has 0 spiro atoms. The molecule has 0 N–H and O–H groups in total. The lowest BCUT2D eigenvalue weighted by Crippen LogP contribution is -2.07. The van der Waals surface area contributed by atoms with Gasteiger partial charge in [-0.05, 0) is 74.8 Å². The first-order chi connectivity index (χ1) is 12.0. The van der Waals surface area contributed by atoms with Crippen molar-refractivity contribution in [2.45, 2.75) is 6.92 Å². The molecule has 0 bridgehead atoms. The lowest BCUT2D eigenvalue weighted by atomic mass is 9.93. The lowest BCUT2D eigenvalue weighted by Gasteiger charge is -2.13. The molecule has 0 aliphatic carbocycles.